The van der Waals surface area contributed by atoms with Crippen molar-refractivity contribution in [3.8, 4) is 0 Å². The molecule has 0 saturated heterocycles. The highest BCUT2D eigenvalue weighted by Gasteiger charge is 2.47. The van der Waals surface area contributed by atoms with Crippen LogP contribution < -0.4 is 0 Å². The minimum Gasteiger partial charge on any atom is -0.466 e. The maximum atomic E-state index is 13.0. The molecule has 0 radical (unpaired) electrons. The normalized spacial score (nSPS) is 18.0. The van der Waals surface area contributed by atoms with Crippen molar-refractivity contribution in [2.75, 3.05) is 19.0 Å². The molecule has 1 saturated carbocycles. The maximum absolute atomic E-state index is 13.0. The van der Waals surface area contributed by atoms with Crippen LogP contribution in [-0.2, 0) is 18.8 Å². The van der Waals surface area contributed by atoms with Gasteiger partial charge in [-0.25, -0.2) is 4.98 Å². The Kier molecular flexibility index (Phi) is 9.30. The first-order valence-corrected chi connectivity index (χ1v) is 13.1. The standard InChI is InChI=1S/C24H32NO4PS/c1-3-28-23(26)20(16-18-10-6-5-7-11-18)24(30-27,29-4-2)17-31-22-15-14-19-12-8-9-13-21(19)25-22/h8-9,12-15,18,20H,3-7,10-11,16-17H2,1-2H3. The molecule has 2 aromatic rings. The zero-order chi connectivity index (χ0) is 22.1. The second-order valence-corrected chi connectivity index (χ2v) is 9.98. The molecule has 0 amide bonds. The molecule has 1 aliphatic rings. The van der Waals surface area contributed by atoms with Crippen molar-refractivity contribution in [1.29, 1.82) is 0 Å². The number of carbonyl (C=O) groups excluding carboxylic acids is 1. The minimum absolute atomic E-state index is 0.185. The van der Waals surface area contributed by atoms with Crippen molar-refractivity contribution >= 4 is 37.1 Å². The van der Waals surface area contributed by atoms with E-state index in [0.29, 0.717) is 31.3 Å². The predicted molar refractivity (Wildman–Crippen MR) is 126 cm³/mol. The number of esters is 1. The van der Waals surface area contributed by atoms with Gasteiger partial charge in [-0.2, -0.15) is 0 Å². The Morgan fingerprint density at radius 3 is 2.65 bits per heavy atom. The molecule has 2 unspecified atom stereocenters. The van der Waals surface area contributed by atoms with Gasteiger partial charge in [-0.05, 0) is 38.3 Å². The number of fused-ring (bicyclic) bond motifs is 1. The van der Waals surface area contributed by atoms with Crippen LogP contribution in [0.2, 0.25) is 0 Å². The van der Waals surface area contributed by atoms with Gasteiger partial charge in [0.1, 0.15) is 0 Å². The Balaban J connectivity index is 1.84. The van der Waals surface area contributed by atoms with Gasteiger partial charge < -0.3 is 9.47 Å². The first-order chi connectivity index (χ1) is 15.1. The van der Waals surface area contributed by atoms with Gasteiger partial charge in [0, 0.05) is 17.7 Å². The second-order valence-electron chi connectivity index (χ2n) is 8.04. The molecule has 1 fully saturated rings. The number of pyridine rings is 1. The van der Waals surface area contributed by atoms with Crippen molar-refractivity contribution in [1.82, 2.24) is 4.98 Å². The summed E-state index contributed by atoms with van der Waals surface area (Å²) in [6.07, 6.45) is 6.49. The van der Waals surface area contributed by atoms with Crippen LogP contribution >= 0.6 is 20.2 Å². The Bertz CT molecular complexity index is 874. The molecular weight excluding hydrogens is 429 g/mol. The zero-order valence-electron chi connectivity index (χ0n) is 18.4. The van der Waals surface area contributed by atoms with E-state index in [9.17, 15) is 9.36 Å². The van der Waals surface area contributed by atoms with Crippen LogP contribution in [-0.4, -0.2) is 35.3 Å². The van der Waals surface area contributed by atoms with Crippen molar-refractivity contribution in [3.05, 3.63) is 36.4 Å². The van der Waals surface area contributed by atoms with Gasteiger partial charge in [-0.3, -0.25) is 9.36 Å². The van der Waals surface area contributed by atoms with Crippen molar-refractivity contribution < 1.29 is 18.8 Å². The monoisotopic (exact) mass is 461 g/mol. The summed E-state index contributed by atoms with van der Waals surface area (Å²) >= 11 is 1.48. The van der Waals surface area contributed by atoms with Gasteiger partial charge in [0.15, 0.2) is 13.8 Å². The average molecular weight is 462 g/mol. The van der Waals surface area contributed by atoms with E-state index in [-0.39, 0.29) is 14.4 Å². The summed E-state index contributed by atoms with van der Waals surface area (Å²) in [6, 6.07) is 12.0. The predicted octanol–water partition coefficient (Wildman–Crippen LogP) is 6.50. The summed E-state index contributed by atoms with van der Waals surface area (Å²) < 4.78 is 24.1. The first-order valence-electron chi connectivity index (χ1n) is 11.3. The number of hydrogen-bond acceptors (Lipinski definition) is 6. The quantitative estimate of drug-likeness (QED) is 0.216. The van der Waals surface area contributed by atoms with Crippen LogP contribution in [0.4, 0.5) is 0 Å². The Morgan fingerprint density at radius 1 is 1.16 bits per heavy atom. The molecule has 168 valence electrons. The molecule has 0 spiro atoms. The Labute approximate surface area is 190 Å². The molecular formula is C24H32NO4PS. The van der Waals surface area contributed by atoms with Gasteiger partial charge in [0.25, 0.3) is 0 Å². The van der Waals surface area contributed by atoms with Gasteiger partial charge in [-0.1, -0.05) is 56.4 Å². The number of carbonyl (C=O) groups is 1. The fraction of sp³-hybridized carbons (Fsp3) is 0.583. The number of aromatic nitrogens is 1. The molecule has 31 heavy (non-hydrogen) atoms. The highest BCUT2D eigenvalue weighted by Crippen LogP contribution is 2.44. The summed E-state index contributed by atoms with van der Waals surface area (Å²) in [5.74, 6) is -0.0685. The summed E-state index contributed by atoms with van der Waals surface area (Å²) in [5, 5.41) is 0.773. The second kappa shape index (κ2) is 11.9. The largest absolute Gasteiger partial charge is 0.466 e. The fourth-order valence-electron chi connectivity index (χ4n) is 4.38. The summed E-state index contributed by atoms with van der Waals surface area (Å²) in [6.45, 7) is 4.36. The van der Waals surface area contributed by atoms with E-state index in [0.717, 1.165) is 28.8 Å². The van der Waals surface area contributed by atoms with Gasteiger partial charge in [0.05, 0.1) is 23.1 Å². The SMILES string of the molecule is CCOC(=O)C(CC1CCCCC1)C(CSc1ccc2ccccc2n1)(OCC)P=O. The number of nitrogens with zero attached hydrogens (tertiary/aromatic N) is 1. The highest BCUT2D eigenvalue weighted by atomic mass is 32.2. The van der Waals surface area contributed by atoms with Crippen LogP contribution in [0.25, 0.3) is 10.9 Å². The van der Waals surface area contributed by atoms with E-state index in [1.165, 1.54) is 31.0 Å². The zero-order valence-corrected chi connectivity index (χ0v) is 20.1. The van der Waals surface area contributed by atoms with E-state index in [1.54, 1.807) is 6.92 Å². The number of thioether (sulfide) groups is 1. The van der Waals surface area contributed by atoms with E-state index in [4.69, 9.17) is 14.5 Å². The number of rotatable bonds is 11. The fourth-order valence-corrected chi connectivity index (χ4v) is 6.27. The molecule has 1 heterocycles. The lowest BCUT2D eigenvalue weighted by molar-refractivity contribution is -0.156. The van der Waals surface area contributed by atoms with E-state index < -0.39 is 11.3 Å². The lowest BCUT2D eigenvalue weighted by Crippen LogP contribution is -2.44. The van der Waals surface area contributed by atoms with Crippen molar-refractivity contribution in [2.24, 2.45) is 11.8 Å². The topological polar surface area (TPSA) is 65.5 Å². The first kappa shape index (κ1) is 24.2. The number of para-hydroxylation sites is 1. The molecule has 3 rings (SSSR count). The average Bonchev–Trinajstić information content (AvgIpc) is 2.81. The van der Waals surface area contributed by atoms with Gasteiger partial charge in [0.2, 0.25) is 0 Å². The summed E-state index contributed by atoms with van der Waals surface area (Å²) in [5.41, 5.74) is 0.915. The summed E-state index contributed by atoms with van der Waals surface area (Å²) in [4.78, 5) is 17.7. The molecule has 2 atom stereocenters. The highest BCUT2D eigenvalue weighted by molar-refractivity contribution is 7.99. The van der Waals surface area contributed by atoms with E-state index in [1.807, 2.05) is 43.3 Å². The van der Waals surface area contributed by atoms with E-state index >= 15 is 0 Å². The smallest absolute Gasteiger partial charge is 0.312 e. The Hall–Kier alpha value is -1.49. The van der Waals surface area contributed by atoms with Gasteiger partial charge >= 0.3 is 5.97 Å². The van der Waals surface area contributed by atoms with Crippen LogP contribution in [0, 0.1) is 11.8 Å². The van der Waals surface area contributed by atoms with Gasteiger partial charge in [-0.15, -0.1) is 11.8 Å². The molecule has 7 heteroatoms. The molecule has 1 aromatic carbocycles. The number of hydrogen-bond donors (Lipinski definition) is 0. The van der Waals surface area contributed by atoms with Crippen molar-refractivity contribution in [2.45, 2.75) is 62.7 Å². The maximum Gasteiger partial charge on any atom is 0.312 e. The third-order valence-electron chi connectivity index (χ3n) is 5.96. The minimum atomic E-state index is -1.13. The van der Waals surface area contributed by atoms with Crippen LogP contribution in [0.3, 0.4) is 0 Å². The summed E-state index contributed by atoms with van der Waals surface area (Å²) in [7, 11) is -0.185. The Morgan fingerprint density at radius 2 is 1.94 bits per heavy atom. The molecule has 1 aliphatic carbocycles. The number of benzene rings is 1. The third-order valence-corrected chi connectivity index (χ3v) is 8.18. The number of ether oxygens (including phenoxy) is 2. The lowest BCUT2D eigenvalue weighted by atomic mass is 9.81. The van der Waals surface area contributed by atoms with Crippen LogP contribution in [0.5, 0.6) is 0 Å². The van der Waals surface area contributed by atoms with Crippen molar-refractivity contribution in [3.63, 3.8) is 0 Å². The molecule has 0 N–H and O–H groups in total. The van der Waals surface area contributed by atoms with Crippen LogP contribution in [0.1, 0.15) is 52.4 Å². The molecule has 0 aliphatic heterocycles. The third kappa shape index (κ3) is 6.27. The molecule has 1 aromatic heterocycles. The van der Waals surface area contributed by atoms with E-state index in [2.05, 4.69) is 0 Å². The molecule has 0 bridgehead atoms. The van der Waals surface area contributed by atoms with Crippen LogP contribution in [0.15, 0.2) is 41.4 Å². The lowest BCUT2D eigenvalue weighted by Gasteiger charge is -2.36. The molecule has 5 nitrogen and oxygen atoms in total.